The van der Waals surface area contributed by atoms with Gasteiger partial charge in [-0.05, 0) is 44.6 Å². The van der Waals surface area contributed by atoms with Crippen LogP contribution in [-0.4, -0.2) is 30.3 Å². The smallest absolute Gasteiger partial charge is 0.157 e. The van der Waals surface area contributed by atoms with Crippen molar-refractivity contribution in [3.8, 4) is 0 Å². The van der Waals surface area contributed by atoms with Gasteiger partial charge in [0.15, 0.2) is 5.78 Å². The average Bonchev–Trinajstić information content (AvgIpc) is 2.77. The number of Topliss-reactive ketones (excluding diaryl/α,β-unsaturated/α-hetero) is 1. The molecule has 2 nitrogen and oxygen atoms in total. The number of hydrogen-bond donors (Lipinski definition) is 0. The molecule has 0 bridgehead atoms. The molecule has 0 aliphatic heterocycles. The lowest BCUT2D eigenvalue weighted by Gasteiger charge is -2.34. The highest BCUT2D eigenvalue weighted by Gasteiger charge is 2.42. The van der Waals surface area contributed by atoms with Crippen LogP contribution in [0.1, 0.15) is 31.2 Å². The van der Waals surface area contributed by atoms with Gasteiger partial charge in [0, 0.05) is 12.5 Å². The highest BCUT2D eigenvalue weighted by molar-refractivity contribution is 5.90. The van der Waals surface area contributed by atoms with E-state index < -0.39 is 17.2 Å². The van der Waals surface area contributed by atoms with E-state index in [1.54, 1.807) is 0 Å². The molecule has 1 aliphatic carbocycles. The summed E-state index contributed by atoms with van der Waals surface area (Å²) < 4.78 is 26.3. The Balaban J connectivity index is 2.20. The molecule has 0 heterocycles. The van der Waals surface area contributed by atoms with Crippen molar-refractivity contribution in [2.24, 2.45) is 0 Å². The standard InChI is InChI=1S/C15H19F2NO/c1-18(2)15(5-3-4-6-15)14(19)9-11-7-12(16)10-13(17)8-11/h7-8,10H,3-6,9H2,1-2H3. The second-order valence-corrected chi connectivity index (χ2v) is 5.51. The lowest BCUT2D eigenvalue weighted by atomic mass is 9.87. The molecular formula is C15H19F2NO. The van der Waals surface area contributed by atoms with Crippen molar-refractivity contribution in [3.63, 3.8) is 0 Å². The van der Waals surface area contributed by atoms with Crippen LogP contribution in [-0.2, 0) is 11.2 Å². The fourth-order valence-corrected chi connectivity index (χ4v) is 3.00. The minimum Gasteiger partial charge on any atom is -0.297 e. The molecule has 1 aliphatic rings. The Morgan fingerprint density at radius 2 is 1.68 bits per heavy atom. The summed E-state index contributed by atoms with van der Waals surface area (Å²) in [4.78, 5) is 14.5. The molecule has 0 atom stereocenters. The summed E-state index contributed by atoms with van der Waals surface area (Å²) in [5, 5.41) is 0. The van der Waals surface area contributed by atoms with Crippen LogP contribution in [0.5, 0.6) is 0 Å². The predicted octanol–water partition coefficient (Wildman–Crippen LogP) is 2.95. The zero-order valence-corrected chi connectivity index (χ0v) is 11.4. The number of ketones is 1. The van der Waals surface area contributed by atoms with Crippen molar-refractivity contribution >= 4 is 5.78 Å². The van der Waals surface area contributed by atoms with Gasteiger partial charge in [-0.1, -0.05) is 12.8 Å². The molecule has 0 unspecified atom stereocenters. The van der Waals surface area contributed by atoms with E-state index in [9.17, 15) is 13.6 Å². The van der Waals surface area contributed by atoms with Gasteiger partial charge in [-0.3, -0.25) is 9.69 Å². The van der Waals surface area contributed by atoms with Crippen molar-refractivity contribution in [2.45, 2.75) is 37.6 Å². The van der Waals surface area contributed by atoms with Gasteiger partial charge in [0.1, 0.15) is 11.6 Å². The van der Waals surface area contributed by atoms with E-state index in [1.807, 2.05) is 19.0 Å². The molecule has 1 fully saturated rings. The topological polar surface area (TPSA) is 20.3 Å². The molecule has 0 radical (unpaired) electrons. The first-order chi connectivity index (χ1) is 8.94. The normalized spacial score (nSPS) is 17.9. The second-order valence-electron chi connectivity index (χ2n) is 5.51. The summed E-state index contributed by atoms with van der Waals surface area (Å²) >= 11 is 0. The minimum absolute atomic E-state index is 0.0556. The molecule has 0 aromatic heterocycles. The molecule has 0 saturated heterocycles. The third-order valence-electron chi connectivity index (χ3n) is 4.09. The Morgan fingerprint density at radius 1 is 1.16 bits per heavy atom. The Bertz CT molecular complexity index is 459. The van der Waals surface area contributed by atoms with Crippen LogP contribution in [0.15, 0.2) is 18.2 Å². The van der Waals surface area contributed by atoms with Crippen molar-refractivity contribution in [1.82, 2.24) is 4.90 Å². The third kappa shape index (κ3) is 2.84. The Labute approximate surface area is 112 Å². The molecule has 19 heavy (non-hydrogen) atoms. The summed E-state index contributed by atoms with van der Waals surface area (Å²) in [6.07, 6.45) is 3.81. The molecule has 1 saturated carbocycles. The largest absolute Gasteiger partial charge is 0.297 e. The fraction of sp³-hybridized carbons (Fsp3) is 0.533. The first-order valence-electron chi connectivity index (χ1n) is 6.60. The molecule has 2 rings (SSSR count). The third-order valence-corrected chi connectivity index (χ3v) is 4.09. The number of nitrogens with zero attached hydrogens (tertiary/aromatic N) is 1. The van der Waals surface area contributed by atoms with Crippen LogP contribution in [0.25, 0.3) is 0 Å². The van der Waals surface area contributed by atoms with Gasteiger partial charge in [0.05, 0.1) is 5.54 Å². The lowest BCUT2D eigenvalue weighted by molar-refractivity contribution is -0.128. The summed E-state index contributed by atoms with van der Waals surface area (Å²) in [6, 6.07) is 3.30. The molecular weight excluding hydrogens is 248 g/mol. The lowest BCUT2D eigenvalue weighted by Crippen LogP contribution is -2.49. The van der Waals surface area contributed by atoms with E-state index in [0.29, 0.717) is 5.56 Å². The van der Waals surface area contributed by atoms with Crippen molar-refractivity contribution in [3.05, 3.63) is 35.4 Å². The van der Waals surface area contributed by atoms with Gasteiger partial charge in [0.25, 0.3) is 0 Å². The molecule has 1 aromatic carbocycles. The minimum atomic E-state index is -0.631. The second kappa shape index (κ2) is 5.37. The van der Waals surface area contributed by atoms with Gasteiger partial charge in [0.2, 0.25) is 0 Å². The van der Waals surface area contributed by atoms with Crippen molar-refractivity contribution in [1.29, 1.82) is 0 Å². The Kier molecular flexibility index (Phi) is 3.99. The zero-order valence-electron chi connectivity index (χ0n) is 11.4. The number of carbonyl (C=O) groups excluding carboxylic acids is 1. The van der Waals surface area contributed by atoms with E-state index >= 15 is 0 Å². The Hall–Kier alpha value is -1.29. The van der Waals surface area contributed by atoms with E-state index in [0.717, 1.165) is 31.7 Å². The van der Waals surface area contributed by atoms with Crippen LogP contribution in [0, 0.1) is 11.6 Å². The Morgan fingerprint density at radius 3 is 2.16 bits per heavy atom. The van der Waals surface area contributed by atoms with Gasteiger partial charge in [-0.2, -0.15) is 0 Å². The number of halogens is 2. The van der Waals surface area contributed by atoms with Crippen LogP contribution in [0.4, 0.5) is 8.78 Å². The summed E-state index contributed by atoms with van der Waals surface area (Å²) in [6.45, 7) is 0. The van der Waals surface area contributed by atoms with E-state index in [2.05, 4.69) is 0 Å². The van der Waals surface area contributed by atoms with Gasteiger partial charge in [-0.15, -0.1) is 0 Å². The van der Waals surface area contributed by atoms with Crippen molar-refractivity contribution in [2.75, 3.05) is 14.1 Å². The van der Waals surface area contributed by atoms with Gasteiger partial charge in [-0.25, -0.2) is 8.78 Å². The molecule has 4 heteroatoms. The van der Waals surface area contributed by atoms with Gasteiger partial charge >= 0.3 is 0 Å². The van der Waals surface area contributed by atoms with E-state index in [4.69, 9.17) is 0 Å². The number of carbonyl (C=O) groups is 1. The van der Waals surface area contributed by atoms with Gasteiger partial charge < -0.3 is 0 Å². The highest BCUT2D eigenvalue weighted by atomic mass is 19.1. The summed E-state index contributed by atoms with van der Waals surface area (Å²) in [7, 11) is 3.80. The predicted molar refractivity (Wildman–Crippen MR) is 70.0 cm³/mol. The maximum absolute atomic E-state index is 13.1. The fourth-order valence-electron chi connectivity index (χ4n) is 3.00. The summed E-state index contributed by atoms with van der Waals surface area (Å²) in [5.41, 5.74) is -0.0429. The number of likely N-dealkylation sites (N-methyl/N-ethyl adjacent to an activating group) is 1. The first kappa shape index (κ1) is 14.1. The van der Waals surface area contributed by atoms with Crippen LogP contribution in [0.3, 0.4) is 0 Å². The van der Waals surface area contributed by atoms with Crippen LogP contribution in [0.2, 0.25) is 0 Å². The molecule has 104 valence electrons. The van der Waals surface area contributed by atoms with Crippen molar-refractivity contribution < 1.29 is 13.6 Å². The summed E-state index contributed by atoms with van der Waals surface area (Å²) in [5.74, 6) is -1.21. The maximum Gasteiger partial charge on any atom is 0.157 e. The maximum atomic E-state index is 13.1. The first-order valence-corrected chi connectivity index (χ1v) is 6.60. The highest BCUT2D eigenvalue weighted by Crippen LogP contribution is 2.35. The van der Waals surface area contributed by atoms with E-state index in [1.165, 1.54) is 12.1 Å². The molecule has 0 spiro atoms. The van der Waals surface area contributed by atoms with Crippen LogP contribution < -0.4 is 0 Å². The molecule has 0 N–H and O–H groups in total. The molecule has 0 amide bonds. The number of rotatable bonds is 4. The quantitative estimate of drug-likeness (QED) is 0.836. The SMILES string of the molecule is CN(C)C1(C(=O)Cc2cc(F)cc(F)c2)CCCC1. The zero-order chi connectivity index (χ0) is 14.0. The van der Waals surface area contributed by atoms with Crippen LogP contribution >= 0.6 is 0 Å². The number of hydrogen-bond acceptors (Lipinski definition) is 2. The number of benzene rings is 1. The molecule has 1 aromatic rings. The average molecular weight is 267 g/mol. The van der Waals surface area contributed by atoms with E-state index in [-0.39, 0.29) is 12.2 Å². The monoisotopic (exact) mass is 267 g/mol.